The lowest BCUT2D eigenvalue weighted by molar-refractivity contribution is 0.613. The molecule has 0 heterocycles. The van der Waals surface area contributed by atoms with Gasteiger partial charge in [-0.2, -0.15) is 0 Å². The van der Waals surface area contributed by atoms with E-state index < -0.39 is 0 Å². The van der Waals surface area contributed by atoms with E-state index in [9.17, 15) is 4.39 Å². The van der Waals surface area contributed by atoms with Gasteiger partial charge in [-0.3, -0.25) is 0 Å². The fourth-order valence-electron chi connectivity index (χ4n) is 2.39. The zero-order valence-electron chi connectivity index (χ0n) is 11.5. The van der Waals surface area contributed by atoms with Gasteiger partial charge in [0.1, 0.15) is 5.82 Å². The highest BCUT2D eigenvalue weighted by Gasteiger charge is 2.15. The topological polar surface area (TPSA) is 36.4 Å². The van der Waals surface area contributed by atoms with Crippen LogP contribution in [-0.2, 0) is 6.54 Å². The van der Waals surface area contributed by atoms with Gasteiger partial charge >= 0.3 is 0 Å². The summed E-state index contributed by atoms with van der Waals surface area (Å²) in [6, 6.07) is 7.13. The summed E-state index contributed by atoms with van der Waals surface area (Å²) in [5.74, 6) is 0.625. The molecule has 19 heavy (non-hydrogen) atoms. The number of nitrogens with zero attached hydrogens (tertiary/aromatic N) is 1. The molecule has 1 aromatic rings. The summed E-state index contributed by atoms with van der Waals surface area (Å²) in [4.78, 5) is 4.52. The summed E-state index contributed by atoms with van der Waals surface area (Å²) >= 11 is 0. The Morgan fingerprint density at radius 1 is 1.37 bits per heavy atom. The molecule has 4 heteroatoms. The SMILES string of the molecule is CCNC(=NCc1cccc(F)c1)NC1CCCC1. The van der Waals surface area contributed by atoms with Crippen molar-refractivity contribution in [3.8, 4) is 0 Å². The van der Waals surface area contributed by atoms with Gasteiger partial charge in [0.05, 0.1) is 6.54 Å². The molecule has 2 N–H and O–H groups in total. The summed E-state index contributed by atoms with van der Waals surface area (Å²) in [5, 5.41) is 6.69. The molecule has 0 aromatic heterocycles. The molecule has 1 aliphatic rings. The molecule has 2 rings (SSSR count). The second kappa shape index (κ2) is 7.12. The van der Waals surface area contributed by atoms with Crippen molar-refractivity contribution in [1.29, 1.82) is 0 Å². The van der Waals surface area contributed by atoms with Crippen LogP contribution in [0.15, 0.2) is 29.3 Å². The first-order valence-corrected chi connectivity index (χ1v) is 7.07. The number of hydrogen-bond acceptors (Lipinski definition) is 1. The fraction of sp³-hybridized carbons (Fsp3) is 0.533. The number of nitrogens with one attached hydrogen (secondary N) is 2. The number of hydrogen-bond donors (Lipinski definition) is 2. The lowest BCUT2D eigenvalue weighted by Crippen LogP contribution is -2.42. The van der Waals surface area contributed by atoms with E-state index in [2.05, 4.69) is 15.6 Å². The number of aliphatic imine (C=N–C) groups is 1. The van der Waals surface area contributed by atoms with Gasteiger partial charge in [0.2, 0.25) is 0 Å². The highest BCUT2D eigenvalue weighted by Crippen LogP contribution is 2.17. The van der Waals surface area contributed by atoms with Crippen LogP contribution in [0.1, 0.15) is 38.2 Å². The van der Waals surface area contributed by atoms with Crippen molar-refractivity contribution in [2.75, 3.05) is 6.54 Å². The predicted molar refractivity (Wildman–Crippen MR) is 76.6 cm³/mol. The summed E-state index contributed by atoms with van der Waals surface area (Å²) < 4.78 is 13.1. The fourth-order valence-corrected chi connectivity index (χ4v) is 2.39. The molecule has 0 saturated heterocycles. The van der Waals surface area contributed by atoms with Crippen LogP contribution in [0.4, 0.5) is 4.39 Å². The first kappa shape index (κ1) is 13.8. The Labute approximate surface area is 114 Å². The second-order valence-corrected chi connectivity index (χ2v) is 4.95. The summed E-state index contributed by atoms with van der Waals surface area (Å²) in [6.45, 7) is 3.38. The maximum absolute atomic E-state index is 13.1. The Balaban J connectivity index is 1.95. The molecule has 3 nitrogen and oxygen atoms in total. The molecule has 0 bridgehead atoms. The Kier molecular flexibility index (Phi) is 5.19. The van der Waals surface area contributed by atoms with Gasteiger partial charge in [-0.1, -0.05) is 25.0 Å². The molecule has 1 saturated carbocycles. The average molecular weight is 263 g/mol. The number of halogens is 1. The second-order valence-electron chi connectivity index (χ2n) is 4.95. The Hall–Kier alpha value is -1.58. The van der Waals surface area contributed by atoms with Gasteiger partial charge in [0.25, 0.3) is 0 Å². The highest BCUT2D eigenvalue weighted by atomic mass is 19.1. The monoisotopic (exact) mass is 263 g/mol. The minimum atomic E-state index is -0.207. The normalized spacial score (nSPS) is 16.6. The van der Waals surface area contributed by atoms with Crippen molar-refractivity contribution in [3.05, 3.63) is 35.6 Å². The zero-order valence-corrected chi connectivity index (χ0v) is 11.5. The number of benzene rings is 1. The number of guanidine groups is 1. The van der Waals surface area contributed by atoms with E-state index in [1.54, 1.807) is 6.07 Å². The van der Waals surface area contributed by atoms with Crippen LogP contribution in [0.25, 0.3) is 0 Å². The van der Waals surface area contributed by atoms with Crippen molar-refractivity contribution in [3.63, 3.8) is 0 Å². The first-order chi connectivity index (χ1) is 9.28. The predicted octanol–water partition coefficient (Wildman–Crippen LogP) is 2.82. The lowest BCUT2D eigenvalue weighted by atomic mass is 10.2. The molecule has 0 amide bonds. The minimum Gasteiger partial charge on any atom is -0.357 e. The highest BCUT2D eigenvalue weighted by molar-refractivity contribution is 5.80. The number of rotatable bonds is 4. The quantitative estimate of drug-likeness (QED) is 0.647. The van der Waals surface area contributed by atoms with Gasteiger partial charge in [-0.05, 0) is 37.5 Å². The van der Waals surface area contributed by atoms with Crippen LogP contribution in [0.5, 0.6) is 0 Å². The molecule has 0 atom stereocenters. The maximum atomic E-state index is 13.1. The third-order valence-corrected chi connectivity index (χ3v) is 3.35. The van der Waals surface area contributed by atoms with Gasteiger partial charge in [0.15, 0.2) is 5.96 Å². The van der Waals surface area contributed by atoms with Crippen molar-refractivity contribution < 1.29 is 4.39 Å². The zero-order chi connectivity index (χ0) is 13.5. The summed E-state index contributed by atoms with van der Waals surface area (Å²) in [5.41, 5.74) is 0.892. The molecule has 1 aliphatic carbocycles. The Bertz CT molecular complexity index is 425. The maximum Gasteiger partial charge on any atom is 0.191 e. The third-order valence-electron chi connectivity index (χ3n) is 3.35. The van der Waals surface area contributed by atoms with E-state index in [0.29, 0.717) is 12.6 Å². The summed E-state index contributed by atoms with van der Waals surface area (Å²) in [7, 11) is 0. The molecule has 0 unspecified atom stereocenters. The van der Waals surface area contributed by atoms with E-state index >= 15 is 0 Å². The molecular weight excluding hydrogens is 241 g/mol. The third kappa shape index (κ3) is 4.54. The van der Waals surface area contributed by atoms with Crippen LogP contribution in [0.3, 0.4) is 0 Å². The average Bonchev–Trinajstić information content (AvgIpc) is 2.89. The van der Waals surface area contributed by atoms with Crippen molar-refractivity contribution in [2.24, 2.45) is 4.99 Å². The summed E-state index contributed by atoms with van der Waals surface area (Å²) in [6.07, 6.45) is 5.01. The molecule has 1 fully saturated rings. The van der Waals surface area contributed by atoms with Crippen molar-refractivity contribution in [1.82, 2.24) is 10.6 Å². The Morgan fingerprint density at radius 2 is 2.16 bits per heavy atom. The van der Waals surface area contributed by atoms with Crippen LogP contribution in [-0.4, -0.2) is 18.5 Å². The van der Waals surface area contributed by atoms with E-state index in [1.165, 1.54) is 37.8 Å². The van der Waals surface area contributed by atoms with E-state index in [0.717, 1.165) is 18.1 Å². The van der Waals surface area contributed by atoms with Crippen LogP contribution in [0.2, 0.25) is 0 Å². The molecule has 104 valence electrons. The van der Waals surface area contributed by atoms with Gasteiger partial charge in [-0.15, -0.1) is 0 Å². The van der Waals surface area contributed by atoms with E-state index in [4.69, 9.17) is 0 Å². The molecule has 0 radical (unpaired) electrons. The van der Waals surface area contributed by atoms with Crippen molar-refractivity contribution in [2.45, 2.75) is 45.2 Å². The largest absolute Gasteiger partial charge is 0.357 e. The molecule has 1 aromatic carbocycles. The van der Waals surface area contributed by atoms with Crippen LogP contribution < -0.4 is 10.6 Å². The van der Waals surface area contributed by atoms with Gasteiger partial charge in [0, 0.05) is 12.6 Å². The van der Waals surface area contributed by atoms with Crippen LogP contribution in [0, 0.1) is 5.82 Å². The van der Waals surface area contributed by atoms with Crippen LogP contribution >= 0.6 is 0 Å². The van der Waals surface area contributed by atoms with Crippen molar-refractivity contribution >= 4 is 5.96 Å². The first-order valence-electron chi connectivity index (χ1n) is 7.07. The molecule has 0 aliphatic heterocycles. The van der Waals surface area contributed by atoms with E-state index in [-0.39, 0.29) is 5.82 Å². The Morgan fingerprint density at radius 3 is 2.84 bits per heavy atom. The standard InChI is InChI=1S/C15H22FN3/c1-2-17-15(19-14-8-3-4-9-14)18-11-12-6-5-7-13(16)10-12/h5-7,10,14H,2-4,8-9,11H2,1H3,(H2,17,18,19). The smallest absolute Gasteiger partial charge is 0.191 e. The van der Waals surface area contributed by atoms with Gasteiger partial charge in [-0.25, -0.2) is 9.38 Å². The van der Waals surface area contributed by atoms with E-state index in [1.807, 2.05) is 13.0 Å². The lowest BCUT2D eigenvalue weighted by Gasteiger charge is -2.16. The van der Waals surface area contributed by atoms with Gasteiger partial charge < -0.3 is 10.6 Å². The minimum absolute atomic E-state index is 0.207. The molecule has 0 spiro atoms. The molecular formula is C15H22FN3.